The summed E-state index contributed by atoms with van der Waals surface area (Å²) in [5, 5.41) is 3.17. The normalized spacial score (nSPS) is 23.0. The number of ether oxygens (including phenoxy) is 1. The molecular formula is C15H23N3O3S. The van der Waals surface area contributed by atoms with Crippen molar-refractivity contribution in [3.8, 4) is 5.75 Å². The highest BCUT2D eigenvalue weighted by atomic mass is 32.2. The van der Waals surface area contributed by atoms with Gasteiger partial charge in [0.1, 0.15) is 11.9 Å². The van der Waals surface area contributed by atoms with Crippen LogP contribution < -0.4 is 15.0 Å². The van der Waals surface area contributed by atoms with Crippen molar-refractivity contribution in [2.75, 3.05) is 44.2 Å². The summed E-state index contributed by atoms with van der Waals surface area (Å²) in [4.78, 5) is 2.52. The van der Waals surface area contributed by atoms with E-state index in [-0.39, 0.29) is 6.10 Å². The number of hydrogen-bond donors (Lipinski definition) is 1. The number of benzene rings is 1. The fraction of sp³-hybridized carbons (Fsp3) is 0.600. The van der Waals surface area contributed by atoms with Crippen LogP contribution in [0.15, 0.2) is 23.1 Å². The van der Waals surface area contributed by atoms with Gasteiger partial charge in [0.15, 0.2) is 0 Å². The Labute approximate surface area is 132 Å². The maximum absolute atomic E-state index is 12.8. The fourth-order valence-corrected chi connectivity index (χ4v) is 4.46. The molecular weight excluding hydrogens is 302 g/mol. The minimum atomic E-state index is -3.43. The summed E-state index contributed by atoms with van der Waals surface area (Å²) in [6.07, 6.45) is 0.114. The average Bonchev–Trinajstić information content (AvgIpc) is 2.54. The summed E-state index contributed by atoms with van der Waals surface area (Å²) in [6, 6.07) is 5.19. The zero-order valence-electron chi connectivity index (χ0n) is 13.1. The monoisotopic (exact) mass is 325 g/mol. The van der Waals surface area contributed by atoms with E-state index in [1.54, 1.807) is 22.5 Å². The van der Waals surface area contributed by atoms with Gasteiger partial charge in [0, 0.05) is 32.7 Å². The molecule has 1 aromatic rings. The molecule has 0 aliphatic carbocycles. The first-order valence-corrected chi connectivity index (χ1v) is 9.23. The van der Waals surface area contributed by atoms with Gasteiger partial charge in [0.05, 0.1) is 17.1 Å². The molecule has 1 N–H and O–H groups in total. The second kappa shape index (κ2) is 6.06. The summed E-state index contributed by atoms with van der Waals surface area (Å²) in [5.41, 5.74) is 0.872. The van der Waals surface area contributed by atoms with Gasteiger partial charge < -0.3 is 15.0 Å². The number of likely N-dealkylation sites (N-methyl/N-ethyl adjacent to an activating group) is 1. The van der Waals surface area contributed by atoms with E-state index in [4.69, 9.17) is 4.74 Å². The SMILES string of the molecule is CCN1CC(C)Oc2ccc(S(=O)(=O)N3CCNCC3)cc21. The van der Waals surface area contributed by atoms with E-state index in [9.17, 15) is 8.42 Å². The molecule has 0 radical (unpaired) electrons. The minimum absolute atomic E-state index is 0.114. The topological polar surface area (TPSA) is 61.9 Å². The summed E-state index contributed by atoms with van der Waals surface area (Å²) >= 11 is 0. The molecule has 2 aliphatic heterocycles. The van der Waals surface area contributed by atoms with Crippen LogP contribution in [-0.4, -0.2) is 58.1 Å². The van der Waals surface area contributed by atoms with E-state index in [1.807, 2.05) is 6.92 Å². The van der Waals surface area contributed by atoms with Gasteiger partial charge in [-0.1, -0.05) is 0 Å². The van der Waals surface area contributed by atoms with Crippen molar-refractivity contribution in [3.05, 3.63) is 18.2 Å². The molecule has 1 atom stereocenters. The van der Waals surface area contributed by atoms with E-state index in [1.165, 1.54) is 0 Å². The molecule has 0 amide bonds. The van der Waals surface area contributed by atoms with Crippen LogP contribution in [0, 0.1) is 0 Å². The number of nitrogens with one attached hydrogen (secondary N) is 1. The zero-order valence-corrected chi connectivity index (χ0v) is 13.9. The average molecular weight is 325 g/mol. The molecule has 122 valence electrons. The number of fused-ring (bicyclic) bond motifs is 1. The van der Waals surface area contributed by atoms with Crippen LogP contribution in [0.4, 0.5) is 5.69 Å². The Hall–Kier alpha value is -1.31. The lowest BCUT2D eigenvalue weighted by molar-refractivity contribution is 0.213. The predicted molar refractivity (Wildman–Crippen MR) is 86.0 cm³/mol. The Morgan fingerprint density at radius 3 is 2.73 bits per heavy atom. The quantitative estimate of drug-likeness (QED) is 0.894. The molecule has 2 aliphatic rings. The van der Waals surface area contributed by atoms with E-state index >= 15 is 0 Å². The highest BCUT2D eigenvalue weighted by molar-refractivity contribution is 7.89. The third-order valence-corrected chi connectivity index (χ3v) is 6.07. The third-order valence-electron chi connectivity index (χ3n) is 4.17. The zero-order chi connectivity index (χ0) is 15.7. The first-order chi connectivity index (χ1) is 10.5. The van der Waals surface area contributed by atoms with Crippen LogP contribution in [0.3, 0.4) is 0 Å². The van der Waals surface area contributed by atoms with Gasteiger partial charge in [-0.15, -0.1) is 0 Å². The van der Waals surface area contributed by atoms with Gasteiger partial charge in [-0.05, 0) is 32.0 Å². The van der Waals surface area contributed by atoms with Crippen molar-refractivity contribution in [3.63, 3.8) is 0 Å². The highest BCUT2D eigenvalue weighted by Crippen LogP contribution is 2.35. The summed E-state index contributed by atoms with van der Waals surface area (Å²) in [6.45, 7) is 8.14. The van der Waals surface area contributed by atoms with Crippen molar-refractivity contribution in [1.82, 2.24) is 9.62 Å². The van der Waals surface area contributed by atoms with Crippen LogP contribution in [0.25, 0.3) is 0 Å². The number of hydrogen-bond acceptors (Lipinski definition) is 5. The second-order valence-corrected chi connectivity index (χ2v) is 7.69. The summed E-state index contributed by atoms with van der Waals surface area (Å²) in [7, 11) is -3.43. The van der Waals surface area contributed by atoms with Crippen molar-refractivity contribution >= 4 is 15.7 Å². The van der Waals surface area contributed by atoms with Crippen LogP contribution in [0.5, 0.6) is 5.75 Å². The van der Waals surface area contributed by atoms with E-state index < -0.39 is 10.0 Å². The largest absolute Gasteiger partial charge is 0.487 e. The van der Waals surface area contributed by atoms with Gasteiger partial charge in [-0.2, -0.15) is 4.31 Å². The van der Waals surface area contributed by atoms with Crippen molar-refractivity contribution in [2.45, 2.75) is 24.8 Å². The molecule has 0 saturated carbocycles. The Balaban J connectivity index is 1.95. The van der Waals surface area contributed by atoms with Crippen LogP contribution in [0.1, 0.15) is 13.8 Å². The Morgan fingerprint density at radius 1 is 1.32 bits per heavy atom. The maximum atomic E-state index is 12.8. The lowest BCUT2D eigenvalue weighted by Gasteiger charge is -2.35. The molecule has 1 saturated heterocycles. The number of piperazine rings is 1. The van der Waals surface area contributed by atoms with Crippen molar-refractivity contribution < 1.29 is 13.2 Å². The summed E-state index contributed by atoms with van der Waals surface area (Å²) in [5.74, 6) is 0.764. The number of rotatable bonds is 3. The van der Waals surface area contributed by atoms with Gasteiger partial charge in [0.25, 0.3) is 0 Å². The number of sulfonamides is 1. The van der Waals surface area contributed by atoms with Crippen molar-refractivity contribution in [1.29, 1.82) is 0 Å². The smallest absolute Gasteiger partial charge is 0.243 e. The molecule has 1 unspecified atom stereocenters. The van der Waals surface area contributed by atoms with Gasteiger partial charge in [0.2, 0.25) is 10.0 Å². The Kier molecular flexibility index (Phi) is 4.29. The third kappa shape index (κ3) is 2.80. The Bertz CT molecular complexity index is 641. The highest BCUT2D eigenvalue weighted by Gasteiger charge is 2.29. The van der Waals surface area contributed by atoms with E-state index in [2.05, 4.69) is 17.1 Å². The second-order valence-electron chi connectivity index (χ2n) is 5.75. The fourth-order valence-electron chi connectivity index (χ4n) is 3.00. The predicted octanol–water partition coefficient (Wildman–Crippen LogP) is 0.888. The molecule has 7 heteroatoms. The van der Waals surface area contributed by atoms with Crippen LogP contribution >= 0.6 is 0 Å². The summed E-state index contributed by atoms with van der Waals surface area (Å²) < 4.78 is 32.9. The minimum Gasteiger partial charge on any atom is -0.487 e. The number of anilines is 1. The molecule has 1 aromatic carbocycles. The molecule has 0 aromatic heterocycles. The van der Waals surface area contributed by atoms with Crippen LogP contribution in [-0.2, 0) is 10.0 Å². The lowest BCUT2D eigenvalue weighted by Crippen LogP contribution is -2.46. The molecule has 2 heterocycles. The lowest BCUT2D eigenvalue weighted by atomic mass is 10.2. The van der Waals surface area contributed by atoms with Gasteiger partial charge >= 0.3 is 0 Å². The van der Waals surface area contributed by atoms with E-state index in [0.29, 0.717) is 31.1 Å². The molecule has 6 nitrogen and oxygen atoms in total. The molecule has 22 heavy (non-hydrogen) atoms. The molecule has 0 spiro atoms. The van der Waals surface area contributed by atoms with Crippen molar-refractivity contribution in [2.24, 2.45) is 0 Å². The van der Waals surface area contributed by atoms with Crippen LogP contribution in [0.2, 0.25) is 0 Å². The first-order valence-electron chi connectivity index (χ1n) is 7.79. The molecule has 1 fully saturated rings. The maximum Gasteiger partial charge on any atom is 0.243 e. The molecule has 0 bridgehead atoms. The van der Waals surface area contributed by atoms with Gasteiger partial charge in [-0.3, -0.25) is 0 Å². The first kappa shape index (κ1) is 15.6. The van der Waals surface area contributed by atoms with E-state index in [0.717, 1.165) is 24.5 Å². The van der Waals surface area contributed by atoms with Gasteiger partial charge in [-0.25, -0.2) is 8.42 Å². The number of nitrogens with zero attached hydrogens (tertiary/aromatic N) is 2. The Morgan fingerprint density at radius 2 is 2.05 bits per heavy atom. The standard InChI is InChI=1S/C15H23N3O3S/c1-3-17-11-12(2)21-15-5-4-13(10-14(15)17)22(19,20)18-8-6-16-7-9-18/h4-5,10,12,16H,3,6-9,11H2,1-2H3. The molecule has 3 rings (SSSR count).